The highest BCUT2D eigenvalue weighted by atomic mass is 79.9. The quantitative estimate of drug-likeness (QED) is 0.801. The molecule has 6 heteroatoms. The van der Waals surface area contributed by atoms with Gasteiger partial charge in [0.2, 0.25) is 0 Å². The molecule has 4 nitrogen and oxygen atoms in total. The lowest BCUT2D eigenvalue weighted by Gasteiger charge is -2.30. The molecule has 0 heterocycles. The summed E-state index contributed by atoms with van der Waals surface area (Å²) in [6.07, 6.45) is 3.40. The zero-order valence-electron chi connectivity index (χ0n) is 13.3. The number of carbonyl (C=O) groups is 2. The number of amides is 1. The van der Waals surface area contributed by atoms with Crippen LogP contribution in [-0.2, 0) is 9.53 Å². The highest BCUT2D eigenvalue weighted by Gasteiger charge is 2.27. The first-order valence-corrected chi connectivity index (χ1v) is 8.64. The smallest absolute Gasteiger partial charge is 0.340 e. The molecule has 0 bridgehead atoms. The van der Waals surface area contributed by atoms with Crippen molar-refractivity contribution >= 4 is 27.8 Å². The fourth-order valence-electron chi connectivity index (χ4n) is 2.76. The van der Waals surface area contributed by atoms with Gasteiger partial charge in [0.25, 0.3) is 5.91 Å². The Balaban J connectivity index is 1.94. The van der Waals surface area contributed by atoms with E-state index in [4.69, 9.17) is 4.74 Å². The van der Waals surface area contributed by atoms with Crippen LogP contribution in [0.2, 0.25) is 0 Å². The molecule has 1 aromatic rings. The van der Waals surface area contributed by atoms with Gasteiger partial charge >= 0.3 is 5.97 Å². The molecule has 1 amide bonds. The summed E-state index contributed by atoms with van der Waals surface area (Å²) in [6, 6.07) is 3.88. The zero-order chi connectivity index (χ0) is 17.0. The Morgan fingerprint density at radius 3 is 2.74 bits per heavy atom. The lowest BCUT2D eigenvalue weighted by molar-refractivity contribution is -0.130. The molecule has 3 atom stereocenters. The molecule has 1 N–H and O–H groups in total. The van der Waals surface area contributed by atoms with E-state index in [1.165, 1.54) is 25.5 Å². The second-order valence-electron chi connectivity index (χ2n) is 6.05. The van der Waals surface area contributed by atoms with Gasteiger partial charge in [-0.1, -0.05) is 19.8 Å². The Bertz CT molecular complexity index is 593. The van der Waals surface area contributed by atoms with Crippen LogP contribution in [0.1, 0.15) is 49.9 Å². The van der Waals surface area contributed by atoms with Gasteiger partial charge in [0.05, 0.1) is 5.56 Å². The van der Waals surface area contributed by atoms with Crippen molar-refractivity contribution in [1.29, 1.82) is 0 Å². The van der Waals surface area contributed by atoms with E-state index in [1.807, 2.05) is 0 Å². The van der Waals surface area contributed by atoms with Crippen LogP contribution in [-0.4, -0.2) is 24.0 Å². The van der Waals surface area contributed by atoms with E-state index in [0.717, 1.165) is 25.3 Å². The van der Waals surface area contributed by atoms with Gasteiger partial charge in [0.1, 0.15) is 5.82 Å². The summed E-state index contributed by atoms with van der Waals surface area (Å²) in [4.78, 5) is 24.3. The minimum Gasteiger partial charge on any atom is -0.449 e. The number of hydrogen-bond acceptors (Lipinski definition) is 3. The molecule has 2 rings (SSSR count). The van der Waals surface area contributed by atoms with E-state index in [-0.39, 0.29) is 17.5 Å². The molecule has 1 saturated carbocycles. The van der Waals surface area contributed by atoms with Crippen molar-refractivity contribution in [2.24, 2.45) is 5.92 Å². The standard InChI is InChI=1S/C17H21BrFNO3/c1-10-5-3-4-6-15(10)20-16(21)11(2)23-17(22)13-9-12(19)7-8-14(13)18/h7-11,15H,3-6H2,1-2H3,(H,20,21)/t10-,11-,15-/m1/s1. The van der Waals surface area contributed by atoms with Crippen molar-refractivity contribution in [3.63, 3.8) is 0 Å². The molecular formula is C17H21BrFNO3. The average Bonchev–Trinajstić information content (AvgIpc) is 2.51. The van der Waals surface area contributed by atoms with Gasteiger partial charge in [-0.3, -0.25) is 4.79 Å². The van der Waals surface area contributed by atoms with E-state index in [1.54, 1.807) is 0 Å². The fourth-order valence-corrected chi connectivity index (χ4v) is 3.17. The number of hydrogen-bond donors (Lipinski definition) is 1. The van der Waals surface area contributed by atoms with Gasteiger partial charge < -0.3 is 10.1 Å². The first kappa shape index (κ1) is 17.9. The van der Waals surface area contributed by atoms with E-state index in [9.17, 15) is 14.0 Å². The second-order valence-corrected chi connectivity index (χ2v) is 6.90. The maximum absolute atomic E-state index is 13.2. The molecule has 126 valence electrons. The Hall–Kier alpha value is -1.43. The van der Waals surface area contributed by atoms with E-state index in [2.05, 4.69) is 28.2 Å². The topological polar surface area (TPSA) is 55.4 Å². The molecule has 0 aliphatic heterocycles. The number of halogens is 2. The van der Waals surface area contributed by atoms with Gasteiger partial charge in [-0.2, -0.15) is 0 Å². The number of ether oxygens (including phenoxy) is 1. The SMILES string of the molecule is C[C@@H]1CCCC[C@H]1NC(=O)[C@@H](C)OC(=O)c1cc(F)ccc1Br. The number of carbonyl (C=O) groups excluding carboxylic acids is 2. The van der Waals surface area contributed by atoms with Crippen molar-refractivity contribution < 1.29 is 18.7 Å². The first-order chi connectivity index (χ1) is 10.9. The van der Waals surface area contributed by atoms with Crippen LogP contribution in [0.15, 0.2) is 22.7 Å². The van der Waals surface area contributed by atoms with Gasteiger partial charge in [-0.25, -0.2) is 9.18 Å². The predicted molar refractivity (Wildman–Crippen MR) is 88.5 cm³/mol. The lowest BCUT2D eigenvalue weighted by Crippen LogP contribution is -2.46. The molecule has 0 spiro atoms. The summed E-state index contributed by atoms with van der Waals surface area (Å²) in [5, 5.41) is 2.95. The highest BCUT2D eigenvalue weighted by molar-refractivity contribution is 9.10. The minimum absolute atomic E-state index is 0.0654. The van der Waals surface area contributed by atoms with Crippen molar-refractivity contribution in [1.82, 2.24) is 5.32 Å². The van der Waals surface area contributed by atoms with Crippen LogP contribution in [0.3, 0.4) is 0 Å². The number of nitrogens with one attached hydrogen (secondary N) is 1. The third-order valence-electron chi connectivity index (χ3n) is 4.24. The van der Waals surface area contributed by atoms with Gasteiger partial charge in [0.15, 0.2) is 6.10 Å². The zero-order valence-corrected chi connectivity index (χ0v) is 14.9. The average molecular weight is 386 g/mol. The first-order valence-electron chi connectivity index (χ1n) is 7.85. The second kappa shape index (κ2) is 7.90. The van der Waals surface area contributed by atoms with E-state index < -0.39 is 17.9 Å². The molecule has 1 aliphatic carbocycles. The third-order valence-corrected chi connectivity index (χ3v) is 4.93. The number of rotatable bonds is 4. The highest BCUT2D eigenvalue weighted by Crippen LogP contribution is 2.24. The van der Waals surface area contributed by atoms with Crippen molar-refractivity contribution in [3.8, 4) is 0 Å². The molecule has 1 fully saturated rings. The normalized spacial score (nSPS) is 22.3. The molecule has 0 radical (unpaired) electrons. The van der Waals surface area contributed by atoms with Crippen LogP contribution >= 0.6 is 15.9 Å². The van der Waals surface area contributed by atoms with E-state index >= 15 is 0 Å². The summed E-state index contributed by atoms with van der Waals surface area (Å²) in [5.74, 6) is -1.15. The van der Waals surface area contributed by atoms with Crippen molar-refractivity contribution in [2.75, 3.05) is 0 Å². The predicted octanol–water partition coefficient (Wildman–Crippen LogP) is 3.83. The van der Waals surface area contributed by atoms with Gasteiger partial charge in [0, 0.05) is 10.5 Å². The van der Waals surface area contributed by atoms with Gasteiger partial charge in [-0.15, -0.1) is 0 Å². The van der Waals surface area contributed by atoms with Crippen LogP contribution in [0, 0.1) is 11.7 Å². The molecule has 1 aliphatic rings. The largest absolute Gasteiger partial charge is 0.449 e. The van der Waals surface area contributed by atoms with Crippen molar-refractivity contribution in [3.05, 3.63) is 34.1 Å². The molecule has 0 unspecified atom stereocenters. The van der Waals surface area contributed by atoms with Crippen LogP contribution in [0.4, 0.5) is 4.39 Å². The van der Waals surface area contributed by atoms with E-state index in [0.29, 0.717) is 10.4 Å². The van der Waals surface area contributed by atoms with Crippen LogP contribution in [0.5, 0.6) is 0 Å². The van der Waals surface area contributed by atoms with Crippen LogP contribution < -0.4 is 5.32 Å². The van der Waals surface area contributed by atoms with Crippen molar-refractivity contribution in [2.45, 2.75) is 51.7 Å². The maximum Gasteiger partial charge on any atom is 0.340 e. The fraction of sp³-hybridized carbons (Fsp3) is 0.529. The van der Waals surface area contributed by atoms with Gasteiger partial charge in [-0.05, 0) is 59.8 Å². The molecule has 0 aromatic heterocycles. The third kappa shape index (κ3) is 4.77. The molecular weight excluding hydrogens is 365 g/mol. The lowest BCUT2D eigenvalue weighted by atomic mass is 9.86. The van der Waals surface area contributed by atoms with Crippen LogP contribution in [0.25, 0.3) is 0 Å². The number of esters is 1. The summed E-state index contributed by atoms with van der Waals surface area (Å²) in [7, 11) is 0. The molecule has 1 aromatic carbocycles. The monoisotopic (exact) mass is 385 g/mol. The minimum atomic E-state index is -0.924. The summed E-state index contributed by atoms with van der Waals surface area (Å²) in [6.45, 7) is 3.64. The summed E-state index contributed by atoms with van der Waals surface area (Å²) < 4.78 is 18.8. The molecule has 0 saturated heterocycles. The Morgan fingerprint density at radius 1 is 1.35 bits per heavy atom. The number of benzene rings is 1. The Labute approximate surface area is 143 Å². The Morgan fingerprint density at radius 2 is 2.04 bits per heavy atom. The maximum atomic E-state index is 13.2. The Kier molecular flexibility index (Phi) is 6.16. The molecule has 23 heavy (non-hydrogen) atoms. The summed E-state index contributed by atoms with van der Waals surface area (Å²) >= 11 is 3.18. The summed E-state index contributed by atoms with van der Waals surface area (Å²) in [5.41, 5.74) is 0.0654.